The number of hydrogen-bond acceptors (Lipinski definition) is 5. The zero-order valence-corrected chi connectivity index (χ0v) is 12.4. The van der Waals surface area contributed by atoms with Gasteiger partial charge in [-0.2, -0.15) is 0 Å². The van der Waals surface area contributed by atoms with Crippen LogP contribution in [0, 0.1) is 0 Å². The largest absolute Gasteiger partial charge is 0.497 e. The summed E-state index contributed by atoms with van der Waals surface area (Å²) < 4.78 is 10.9. The molecule has 6 nitrogen and oxygen atoms in total. The molecule has 2 aromatic carbocycles. The van der Waals surface area contributed by atoms with E-state index in [0.717, 1.165) is 11.3 Å². The quantitative estimate of drug-likeness (QED) is 0.439. The number of methoxy groups -OCH3 is 1. The highest BCUT2D eigenvalue weighted by atomic mass is 16.5. The van der Waals surface area contributed by atoms with Crippen LogP contribution >= 0.6 is 0 Å². The number of oxazole rings is 1. The van der Waals surface area contributed by atoms with Crippen molar-refractivity contribution in [2.45, 2.75) is 0 Å². The maximum atomic E-state index is 11.6. The average molecular weight is 309 g/mol. The van der Waals surface area contributed by atoms with Gasteiger partial charge in [-0.15, -0.1) is 0 Å². The Bertz CT molecular complexity index is 825. The van der Waals surface area contributed by atoms with Crippen molar-refractivity contribution in [3.63, 3.8) is 0 Å². The summed E-state index contributed by atoms with van der Waals surface area (Å²) in [5.74, 6) is 6.62. The minimum absolute atomic E-state index is 0.367. The number of carbonyl (C=O) groups excluding carboxylic acids is 1. The summed E-state index contributed by atoms with van der Waals surface area (Å²) in [7, 11) is 1.62. The van der Waals surface area contributed by atoms with Crippen LogP contribution < -0.4 is 16.0 Å². The lowest BCUT2D eigenvalue weighted by atomic mass is 10.1. The zero-order chi connectivity index (χ0) is 16.2. The topological polar surface area (TPSA) is 90.4 Å². The third-order valence-corrected chi connectivity index (χ3v) is 3.38. The molecule has 1 heterocycles. The smallest absolute Gasteiger partial charge is 0.265 e. The van der Waals surface area contributed by atoms with Gasteiger partial charge in [0, 0.05) is 16.7 Å². The lowest BCUT2D eigenvalue weighted by Gasteiger charge is -2.02. The van der Waals surface area contributed by atoms with E-state index >= 15 is 0 Å². The van der Waals surface area contributed by atoms with E-state index in [1.165, 1.54) is 0 Å². The summed E-state index contributed by atoms with van der Waals surface area (Å²) in [6.45, 7) is 0. The lowest BCUT2D eigenvalue weighted by molar-refractivity contribution is 0.0953. The number of nitrogens with zero attached hydrogens (tertiary/aromatic N) is 1. The molecule has 6 heteroatoms. The highest BCUT2D eigenvalue weighted by Crippen LogP contribution is 2.27. The molecule has 1 amide bonds. The fourth-order valence-corrected chi connectivity index (χ4v) is 2.17. The van der Waals surface area contributed by atoms with Gasteiger partial charge in [0.15, 0.2) is 5.76 Å². The molecule has 0 bridgehead atoms. The van der Waals surface area contributed by atoms with Crippen LogP contribution in [0.1, 0.15) is 10.4 Å². The van der Waals surface area contributed by atoms with Crippen LogP contribution in [0.2, 0.25) is 0 Å². The Kier molecular flexibility index (Phi) is 4.07. The number of aromatic nitrogens is 1. The maximum absolute atomic E-state index is 11.6. The number of hydrazine groups is 1. The summed E-state index contributed by atoms with van der Waals surface area (Å²) in [5, 5.41) is 0. The lowest BCUT2D eigenvalue weighted by Crippen LogP contribution is -2.29. The standard InChI is InChI=1S/C17H15N3O3/c1-22-14-7-5-11(6-8-14)15-10-19-17(23-15)13-4-2-3-12(9-13)16(21)20-18/h2-10H,18H2,1H3,(H,20,21). The van der Waals surface area contributed by atoms with E-state index < -0.39 is 0 Å². The van der Waals surface area contributed by atoms with Crippen LogP contribution in [0.5, 0.6) is 5.75 Å². The van der Waals surface area contributed by atoms with Crippen LogP contribution in [-0.4, -0.2) is 18.0 Å². The molecule has 3 N–H and O–H groups in total. The minimum Gasteiger partial charge on any atom is -0.497 e. The minimum atomic E-state index is -0.367. The molecule has 116 valence electrons. The van der Waals surface area contributed by atoms with Crippen LogP contribution in [0.4, 0.5) is 0 Å². The molecule has 0 aliphatic rings. The number of amides is 1. The van der Waals surface area contributed by atoms with Gasteiger partial charge in [-0.3, -0.25) is 10.2 Å². The van der Waals surface area contributed by atoms with Crippen LogP contribution in [0.15, 0.2) is 59.1 Å². The van der Waals surface area contributed by atoms with E-state index in [1.807, 2.05) is 30.3 Å². The van der Waals surface area contributed by atoms with Gasteiger partial charge in [-0.25, -0.2) is 10.8 Å². The summed E-state index contributed by atoms with van der Waals surface area (Å²) in [6.07, 6.45) is 1.65. The van der Waals surface area contributed by atoms with E-state index in [-0.39, 0.29) is 5.91 Å². The van der Waals surface area contributed by atoms with E-state index in [9.17, 15) is 4.79 Å². The molecular formula is C17H15N3O3. The van der Waals surface area contributed by atoms with E-state index in [1.54, 1.807) is 31.5 Å². The fourth-order valence-electron chi connectivity index (χ4n) is 2.17. The number of nitrogens with one attached hydrogen (secondary N) is 1. The Morgan fingerprint density at radius 1 is 1.17 bits per heavy atom. The van der Waals surface area contributed by atoms with E-state index in [0.29, 0.717) is 22.8 Å². The third kappa shape index (κ3) is 3.07. The van der Waals surface area contributed by atoms with Crippen molar-refractivity contribution in [3.8, 4) is 28.5 Å². The first kappa shape index (κ1) is 14.8. The van der Waals surface area contributed by atoms with Crippen molar-refractivity contribution in [3.05, 3.63) is 60.3 Å². The van der Waals surface area contributed by atoms with Crippen molar-refractivity contribution >= 4 is 5.91 Å². The molecule has 0 aliphatic heterocycles. The summed E-state index contributed by atoms with van der Waals surface area (Å²) in [5.41, 5.74) is 4.13. The highest BCUT2D eigenvalue weighted by Gasteiger charge is 2.11. The van der Waals surface area contributed by atoms with Gasteiger partial charge in [0.25, 0.3) is 5.91 Å². The Balaban J connectivity index is 1.90. The number of benzene rings is 2. The number of ether oxygens (including phenoxy) is 1. The first-order chi connectivity index (χ1) is 11.2. The van der Waals surface area contributed by atoms with Gasteiger partial charge in [0.2, 0.25) is 5.89 Å². The number of hydrogen-bond donors (Lipinski definition) is 2. The maximum Gasteiger partial charge on any atom is 0.265 e. The van der Waals surface area contributed by atoms with Crippen LogP contribution in [0.25, 0.3) is 22.8 Å². The molecule has 0 atom stereocenters. The van der Waals surface area contributed by atoms with Crippen molar-refractivity contribution in [1.29, 1.82) is 0 Å². The number of nitrogen functional groups attached to an aromatic ring is 1. The summed E-state index contributed by atoms with van der Waals surface area (Å²) in [6, 6.07) is 14.4. The average Bonchev–Trinajstić information content (AvgIpc) is 3.11. The van der Waals surface area contributed by atoms with E-state index in [4.69, 9.17) is 15.0 Å². The van der Waals surface area contributed by atoms with Gasteiger partial charge < -0.3 is 9.15 Å². The van der Waals surface area contributed by atoms with Crippen LogP contribution in [0.3, 0.4) is 0 Å². The van der Waals surface area contributed by atoms with Gasteiger partial charge >= 0.3 is 0 Å². The molecule has 0 aliphatic carbocycles. The molecule has 0 unspecified atom stereocenters. The normalized spacial score (nSPS) is 10.3. The molecule has 0 saturated carbocycles. The summed E-state index contributed by atoms with van der Waals surface area (Å²) in [4.78, 5) is 15.9. The first-order valence-electron chi connectivity index (χ1n) is 6.93. The van der Waals surface area contributed by atoms with Gasteiger partial charge in [-0.05, 0) is 42.5 Å². The molecule has 3 aromatic rings. The van der Waals surface area contributed by atoms with Gasteiger partial charge in [0.1, 0.15) is 5.75 Å². The Morgan fingerprint density at radius 2 is 1.96 bits per heavy atom. The monoisotopic (exact) mass is 309 g/mol. The van der Waals surface area contributed by atoms with Crippen molar-refractivity contribution in [2.75, 3.05) is 7.11 Å². The second kappa shape index (κ2) is 6.33. The molecule has 3 rings (SSSR count). The molecule has 0 radical (unpaired) electrons. The van der Waals surface area contributed by atoms with Crippen molar-refractivity contribution in [2.24, 2.45) is 5.84 Å². The number of rotatable bonds is 4. The predicted molar refractivity (Wildman–Crippen MR) is 85.6 cm³/mol. The molecule has 0 spiro atoms. The number of nitrogens with two attached hydrogens (primary N) is 1. The summed E-state index contributed by atoms with van der Waals surface area (Å²) >= 11 is 0. The second-order valence-corrected chi connectivity index (χ2v) is 4.81. The first-order valence-corrected chi connectivity index (χ1v) is 6.93. The Labute approximate surface area is 132 Å². The Hall–Kier alpha value is -3.12. The zero-order valence-electron chi connectivity index (χ0n) is 12.4. The SMILES string of the molecule is COc1ccc(-c2cnc(-c3cccc(C(=O)NN)c3)o2)cc1. The third-order valence-electron chi connectivity index (χ3n) is 3.38. The second-order valence-electron chi connectivity index (χ2n) is 4.81. The van der Waals surface area contributed by atoms with Crippen molar-refractivity contribution in [1.82, 2.24) is 10.4 Å². The van der Waals surface area contributed by atoms with Gasteiger partial charge in [-0.1, -0.05) is 6.07 Å². The van der Waals surface area contributed by atoms with E-state index in [2.05, 4.69) is 10.4 Å². The molecule has 23 heavy (non-hydrogen) atoms. The number of carbonyl (C=O) groups is 1. The highest BCUT2D eigenvalue weighted by molar-refractivity contribution is 5.94. The molecular weight excluding hydrogens is 294 g/mol. The van der Waals surface area contributed by atoms with Gasteiger partial charge in [0.05, 0.1) is 13.3 Å². The van der Waals surface area contributed by atoms with Crippen molar-refractivity contribution < 1.29 is 13.9 Å². The molecule has 1 aromatic heterocycles. The molecule has 0 fully saturated rings. The predicted octanol–water partition coefficient (Wildman–Crippen LogP) is 2.62. The molecule has 0 saturated heterocycles. The Morgan fingerprint density at radius 3 is 2.65 bits per heavy atom. The van der Waals surface area contributed by atoms with Crippen LogP contribution in [-0.2, 0) is 0 Å². The fraction of sp³-hybridized carbons (Fsp3) is 0.0588.